The van der Waals surface area contributed by atoms with Crippen LogP contribution in [0.2, 0.25) is 10.0 Å². The van der Waals surface area contributed by atoms with Crippen LogP contribution < -0.4 is 20.9 Å². The Bertz CT molecular complexity index is 1840. The minimum Gasteiger partial charge on any atom is -0.491 e. The van der Waals surface area contributed by atoms with Gasteiger partial charge in [-0.1, -0.05) is 71.7 Å². The Labute approximate surface area is 277 Å². The third kappa shape index (κ3) is 7.15. The van der Waals surface area contributed by atoms with E-state index in [0.717, 1.165) is 16.8 Å². The number of fused-ring (bicyclic) bond motifs is 1. The van der Waals surface area contributed by atoms with Gasteiger partial charge in [-0.2, -0.15) is 0 Å². The van der Waals surface area contributed by atoms with Crippen molar-refractivity contribution in [2.24, 2.45) is 5.73 Å². The van der Waals surface area contributed by atoms with Crippen LogP contribution >= 0.6 is 23.2 Å². The Morgan fingerprint density at radius 1 is 0.957 bits per heavy atom. The summed E-state index contributed by atoms with van der Waals surface area (Å²) in [4.78, 5) is 41.3. The number of para-hydroxylation sites is 1. The lowest BCUT2D eigenvalue weighted by atomic mass is 10.0. The number of hydrogen-bond donors (Lipinski definition) is 2. The van der Waals surface area contributed by atoms with Crippen molar-refractivity contribution in [3.8, 4) is 0 Å². The number of allylic oxidation sites excluding steroid dienone is 2. The van der Waals surface area contributed by atoms with Crippen molar-refractivity contribution in [1.29, 1.82) is 0 Å². The van der Waals surface area contributed by atoms with Crippen molar-refractivity contribution in [2.75, 3.05) is 28.7 Å². The van der Waals surface area contributed by atoms with E-state index in [1.54, 1.807) is 54.4 Å². The number of nitrogens with two attached hydrogens (primary N) is 1. The van der Waals surface area contributed by atoms with E-state index in [-0.39, 0.29) is 35.9 Å². The number of carbonyl (C=O) groups is 3. The van der Waals surface area contributed by atoms with E-state index in [1.807, 2.05) is 61.5 Å². The van der Waals surface area contributed by atoms with Gasteiger partial charge in [0.15, 0.2) is 0 Å². The third-order valence-corrected chi connectivity index (χ3v) is 8.41. The summed E-state index contributed by atoms with van der Waals surface area (Å²) in [6.07, 6.45) is 3.69. The van der Waals surface area contributed by atoms with Crippen molar-refractivity contribution in [1.82, 2.24) is 0 Å². The van der Waals surface area contributed by atoms with Gasteiger partial charge in [0, 0.05) is 41.4 Å². The van der Waals surface area contributed by atoms with Gasteiger partial charge in [0.2, 0.25) is 5.91 Å². The van der Waals surface area contributed by atoms with E-state index in [4.69, 9.17) is 33.7 Å². The predicted octanol–water partition coefficient (Wildman–Crippen LogP) is 7.22. The molecule has 1 aliphatic heterocycles. The molecule has 0 radical (unpaired) electrons. The Kier molecular flexibility index (Phi) is 10.2. The first kappa shape index (κ1) is 32.5. The largest absolute Gasteiger partial charge is 0.491 e. The van der Waals surface area contributed by atoms with Gasteiger partial charge >= 0.3 is 0 Å². The highest BCUT2D eigenvalue weighted by molar-refractivity contribution is 6.38. The third-order valence-electron chi connectivity index (χ3n) is 7.63. The number of carbonyl (C=O) groups excluding carboxylic acids is 3. The number of nitrogens with zero attached hydrogens (tertiary/aromatic N) is 2. The second-order valence-electron chi connectivity index (χ2n) is 10.6. The molecule has 4 aromatic carbocycles. The van der Waals surface area contributed by atoms with Crippen LogP contribution in [0.5, 0.6) is 0 Å². The molecule has 5 rings (SSSR count). The molecule has 0 fully saturated rings. The van der Waals surface area contributed by atoms with E-state index >= 15 is 0 Å². The number of rotatable bonds is 9. The Morgan fingerprint density at radius 2 is 1.65 bits per heavy atom. The van der Waals surface area contributed by atoms with E-state index in [1.165, 1.54) is 11.0 Å². The molecular weight excluding hydrogens is 623 g/mol. The van der Waals surface area contributed by atoms with E-state index in [0.29, 0.717) is 45.4 Å². The fourth-order valence-electron chi connectivity index (χ4n) is 5.04. The average Bonchev–Trinajstić information content (AvgIpc) is 3.07. The first-order valence-corrected chi connectivity index (χ1v) is 15.3. The van der Waals surface area contributed by atoms with Crippen LogP contribution in [-0.2, 0) is 27.4 Å². The molecule has 234 valence electrons. The van der Waals surface area contributed by atoms with Crippen LogP contribution in [0.3, 0.4) is 0 Å². The summed E-state index contributed by atoms with van der Waals surface area (Å²) in [5.41, 5.74) is 10.8. The number of ether oxygens (including phenoxy) is 1. The average molecular weight is 656 g/mol. The maximum Gasteiger partial charge on any atom is 0.255 e. The second-order valence-corrected chi connectivity index (χ2v) is 11.4. The monoisotopic (exact) mass is 654 g/mol. The quantitative estimate of drug-likeness (QED) is 0.185. The van der Waals surface area contributed by atoms with Crippen molar-refractivity contribution in [2.45, 2.75) is 20.0 Å². The minimum atomic E-state index is -0.300. The number of likely N-dealkylation sites (N-methyl/N-ethyl adjacent to an activating group) is 1. The highest BCUT2D eigenvalue weighted by Crippen LogP contribution is 2.37. The number of anilines is 3. The van der Waals surface area contributed by atoms with Crippen LogP contribution in [0.1, 0.15) is 34.0 Å². The summed E-state index contributed by atoms with van der Waals surface area (Å²) in [7, 11) is 1.59. The van der Waals surface area contributed by atoms with Gasteiger partial charge in [0.05, 0.1) is 28.6 Å². The van der Waals surface area contributed by atoms with E-state index in [9.17, 15) is 14.4 Å². The van der Waals surface area contributed by atoms with Crippen molar-refractivity contribution in [3.63, 3.8) is 0 Å². The first-order valence-electron chi connectivity index (χ1n) is 14.5. The molecule has 1 aliphatic rings. The molecule has 0 aromatic heterocycles. The summed E-state index contributed by atoms with van der Waals surface area (Å²) < 4.78 is 6.27. The molecule has 3 amide bonds. The molecule has 0 spiro atoms. The van der Waals surface area contributed by atoms with Crippen LogP contribution in [0, 0.1) is 0 Å². The van der Waals surface area contributed by atoms with Gasteiger partial charge in [-0.05, 0) is 66.6 Å². The zero-order valence-corrected chi connectivity index (χ0v) is 26.8. The van der Waals surface area contributed by atoms with Gasteiger partial charge in [-0.15, -0.1) is 0 Å². The van der Waals surface area contributed by atoms with Gasteiger partial charge in [0.1, 0.15) is 12.4 Å². The topological polar surface area (TPSA) is 105 Å². The first-order chi connectivity index (χ1) is 22.2. The van der Waals surface area contributed by atoms with Gasteiger partial charge in [-0.25, -0.2) is 0 Å². The molecule has 0 unspecified atom stereocenters. The van der Waals surface area contributed by atoms with Crippen LogP contribution in [0.4, 0.5) is 17.1 Å². The standard InChI is InChI=1S/C36H32Cl2N4O4/c1-23-32(46-22-28-29(37)17-18-31(35(28)38)41(2)34(44)21-39)20-26-10-6-7-11-30(26)42(23)33(43)19-14-24-12-15-27(16-13-24)40-36(45)25-8-4-3-5-9-25/h3-19H,20-22,39H2,1-2H3,(H,40,45). The Balaban J connectivity index is 1.34. The van der Waals surface area contributed by atoms with E-state index < -0.39 is 0 Å². The van der Waals surface area contributed by atoms with Gasteiger partial charge in [-0.3, -0.25) is 19.3 Å². The van der Waals surface area contributed by atoms with E-state index in [2.05, 4.69) is 5.32 Å². The molecular formula is C36H32Cl2N4O4. The lowest BCUT2D eigenvalue weighted by Crippen LogP contribution is -2.33. The highest BCUT2D eigenvalue weighted by atomic mass is 35.5. The minimum absolute atomic E-state index is 0.0238. The molecule has 0 saturated heterocycles. The zero-order chi connectivity index (χ0) is 32.8. The fraction of sp³-hybridized carbons (Fsp3) is 0.139. The van der Waals surface area contributed by atoms with Crippen LogP contribution in [0.15, 0.2) is 109 Å². The van der Waals surface area contributed by atoms with Crippen molar-refractivity contribution in [3.05, 3.63) is 141 Å². The number of hydrogen-bond acceptors (Lipinski definition) is 5. The van der Waals surface area contributed by atoms with Crippen molar-refractivity contribution >= 4 is 64.1 Å². The number of halogens is 2. The van der Waals surface area contributed by atoms with Crippen LogP contribution in [0.25, 0.3) is 6.08 Å². The summed E-state index contributed by atoms with van der Waals surface area (Å²) in [5, 5.41) is 3.55. The number of nitrogens with one attached hydrogen (secondary N) is 1. The predicted molar refractivity (Wildman–Crippen MR) is 184 cm³/mol. The molecule has 0 bridgehead atoms. The summed E-state index contributed by atoms with van der Waals surface area (Å²) in [5.74, 6) is -0.170. The number of amides is 3. The van der Waals surface area contributed by atoms with Crippen molar-refractivity contribution < 1.29 is 19.1 Å². The molecule has 10 heteroatoms. The van der Waals surface area contributed by atoms with Crippen LogP contribution in [-0.4, -0.2) is 31.3 Å². The maximum absolute atomic E-state index is 13.7. The zero-order valence-electron chi connectivity index (χ0n) is 25.3. The molecule has 0 saturated carbocycles. The Hall–Kier alpha value is -4.89. The second kappa shape index (κ2) is 14.5. The molecule has 0 atom stereocenters. The highest BCUT2D eigenvalue weighted by Gasteiger charge is 2.28. The smallest absolute Gasteiger partial charge is 0.255 e. The summed E-state index contributed by atoms with van der Waals surface area (Å²) in [6.45, 7) is 1.69. The molecule has 1 heterocycles. The summed E-state index contributed by atoms with van der Waals surface area (Å²) in [6, 6.07) is 27.1. The fourth-order valence-corrected chi connectivity index (χ4v) is 5.65. The molecule has 3 N–H and O–H groups in total. The van der Waals surface area contributed by atoms with Gasteiger partial charge < -0.3 is 20.7 Å². The SMILES string of the molecule is CC1=C(OCc2c(Cl)ccc(N(C)C(=O)CN)c2Cl)Cc2ccccc2N1C(=O)C=Cc1ccc(NC(=O)c2ccccc2)cc1. The Morgan fingerprint density at radius 3 is 2.37 bits per heavy atom. The summed E-state index contributed by atoms with van der Waals surface area (Å²) >= 11 is 13.2. The lowest BCUT2D eigenvalue weighted by Gasteiger charge is -2.31. The number of benzene rings is 4. The lowest BCUT2D eigenvalue weighted by molar-refractivity contribution is -0.117. The molecule has 8 nitrogen and oxygen atoms in total. The van der Waals surface area contributed by atoms with Gasteiger partial charge in [0.25, 0.3) is 11.8 Å². The molecule has 46 heavy (non-hydrogen) atoms. The molecule has 4 aromatic rings. The maximum atomic E-state index is 13.7. The normalized spacial score (nSPS) is 12.6. The molecule has 0 aliphatic carbocycles.